The first-order valence-corrected chi connectivity index (χ1v) is 10.4. The zero-order valence-electron chi connectivity index (χ0n) is 16.1. The molecule has 9 heteroatoms. The Balaban J connectivity index is 1.96. The lowest BCUT2D eigenvalue weighted by atomic mass is 9.96. The van der Waals surface area contributed by atoms with Crippen molar-refractivity contribution in [3.63, 3.8) is 0 Å². The molecule has 1 aliphatic rings. The second-order valence-corrected chi connectivity index (χ2v) is 9.06. The third-order valence-electron chi connectivity index (χ3n) is 4.63. The highest BCUT2D eigenvalue weighted by Crippen LogP contribution is 2.39. The first-order chi connectivity index (χ1) is 13.5. The fraction of sp³-hybridized carbons (Fsp3) is 0.300. The van der Waals surface area contributed by atoms with Gasteiger partial charge < -0.3 is 9.84 Å². The first-order valence-electron chi connectivity index (χ1n) is 8.87. The standard InChI is InChI=1S/C20H21FN2O5S/c1-12(15-9-4-5-10-16(15)21)22-19-23-29(26,27)17(20(2,3)28-19)13-7-6-8-14(11-13)18(24)25/h4-12,17H,1-3H3,(H,22,23)(H,24,25)/t12-,17?/m0/s1. The van der Waals surface area contributed by atoms with Gasteiger partial charge in [0, 0.05) is 5.56 Å². The highest BCUT2D eigenvalue weighted by atomic mass is 32.2. The average Bonchev–Trinajstić information content (AvgIpc) is 2.60. The van der Waals surface area contributed by atoms with E-state index in [0.717, 1.165) is 0 Å². The van der Waals surface area contributed by atoms with Gasteiger partial charge in [0.15, 0.2) is 0 Å². The number of nitrogens with one attached hydrogen (secondary N) is 1. The van der Waals surface area contributed by atoms with Gasteiger partial charge in [-0.05, 0) is 44.5 Å². The summed E-state index contributed by atoms with van der Waals surface area (Å²) in [7, 11) is -4.01. The van der Waals surface area contributed by atoms with Crippen molar-refractivity contribution in [3.05, 3.63) is 71.0 Å². The van der Waals surface area contributed by atoms with Crippen LogP contribution >= 0.6 is 0 Å². The third kappa shape index (κ3) is 4.24. The van der Waals surface area contributed by atoms with Crippen LogP contribution in [-0.2, 0) is 14.8 Å². The van der Waals surface area contributed by atoms with E-state index in [9.17, 15) is 22.7 Å². The zero-order chi connectivity index (χ0) is 21.4. The number of carbonyl (C=O) groups is 1. The fourth-order valence-corrected chi connectivity index (χ4v) is 5.16. The second-order valence-electron chi connectivity index (χ2n) is 7.29. The molecule has 1 saturated heterocycles. The van der Waals surface area contributed by atoms with E-state index in [2.05, 4.69) is 9.71 Å². The molecule has 7 nitrogen and oxygen atoms in total. The van der Waals surface area contributed by atoms with Crippen LogP contribution in [0.1, 0.15) is 53.5 Å². The van der Waals surface area contributed by atoms with E-state index in [1.54, 1.807) is 39.0 Å². The molecule has 1 heterocycles. The molecule has 0 radical (unpaired) electrons. The highest BCUT2D eigenvalue weighted by molar-refractivity contribution is 7.90. The third-order valence-corrected chi connectivity index (χ3v) is 6.55. The number of halogens is 1. The van der Waals surface area contributed by atoms with Crippen molar-refractivity contribution in [3.8, 4) is 0 Å². The topological polar surface area (TPSA) is 105 Å². The van der Waals surface area contributed by atoms with E-state index in [-0.39, 0.29) is 17.1 Å². The molecule has 2 aromatic rings. The molecule has 2 aromatic carbocycles. The monoisotopic (exact) mass is 420 g/mol. The lowest BCUT2D eigenvalue weighted by Gasteiger charge is -2.39. The Morgan fingerprint density at radius 1 is 1.24 bits per heavy atom. The number of sulfonamides is 1. The number of hydrogen-bond donors (Lipinski definition) is 2. The number of amidine groups is 1. The summed E-state index contributed by atoms with van der Waals surface area (Å²) in [5.74, 6) is -1.61. The van der Waals surface area contributed by atoms with Crippen molar-refractivity contribution in [2.75, 3.05) is 0 Å². The van der Waals surface area contributed by atoms with E-state index >= 15 is 0 Å². The Hall–Kier alpha value is -2.94. The summed E-state index contributed by atoms with van der Waals surface area (Å²) in [6, 6.07) is 10.9. The number of aromatic carboxylic acids is 1. The molecule has 0 bridgehead atoms. The Kier molecular flexibility index (Phi) is 5.36. The number of carboxylic acid groups (broad SMARTS) is 1. The summed E-state index contributed by atoms with van der Waals surface area (Å²) >= 11 is 0. The van der Waals surface area contributed by atoms with Crippen LogP contribution in [0.4, 0.5) is 4.39 Å². The van der Waals surface area contributed by atoms with Crippen LogP contribution in [0.3, 0.4) is 0 Å². The molecule has 2 N–H and O–H groups in total. The van der Waals surface area contributed by atoms with Crippen molar-refractivity contribution in [2.24, 2.45) is 4.99 Å². The summed E-state index contributed by atoms with van der Waals surface area (Å²) in [4.78, 5) is 15.5. The molecular weight excluding hydrogens is 399 g/mol. The number of nitrogens with zero attached hydrogens (tertiary/aromatic N) is 1. The van der Waals surface area contributed by atoms with Crippen molar-refractivity contribution >= 4 is 22.0 Å². The van der Waals surface area contributed by atoms with Gasteiger partial charge in [-0.25, -0.2) is 27.3 Å². The molecule has 29 heavy (non-hydrogen) atoms. The zero-order valence-corrected chi connectivity index (χ0v) is 16.9. The minimum atomic E-state index is -4.01. The maximum atomic E-state index is 14.0. The van der Waals surface area contributed by atoms with E-state index in [1.807, 2.05) is 0 Å². The van der Waals surface area contributed by atoms with E-state index in [0.29, 0.717) is 5.56 Å². The molecule has 0 amide bonds. The molecule has 1 fully saturated rings. The fourth-order valence-electron chi connectivity index (χ4n) is 3.41. The van der Waals surface area contributed by atoms with Crippen LogP contribution < -0.4 is 4.72 Å². The molecule has 1 aliphatic heterocycles. The SMILES string of the molecule is C[C@H](N=C1NS(=O)(=O)C(c2cccc(C(=O)O)c2)C(C)(C)O1)c1ccccc1F. The summed E-state index contributed by atoms with van der Waals surface area (Å²) in [5.41, 5.74) is -0.698. The molecular formula is C20H21FN2O5S. The highest BCUT2D eigenvalue weighted by Gasteiger charge is 2.48. The van der Waals surface area contributed by atoms with Crippen LogP contribution in [0.5, 0.6) is 0 Å². The minimum absolute atomic E-state index is 0.0267. The van der Waals surface area contributed by atoms with Gasteiger partial charge in [-0.2, -0.15) is 0 Å². The van der Waals surface area contributed by atoms with Crippen LogP contribution in [0.25, 0.3) is 0 Å². The predicted molar refractivity (Wildman–Crippen MR) is 106 cm³/mol. The van der Waals surface area contributed by atoms with Crippen LogP contribution in [0.15, 0.2) is 53.5 Å². The van der Waals surface area contributed by atoms with Gasteiger partial charge in [0.05, 0.1) is 11.6 Å². The molecule has 0 spiro atoms. The van der Waals surface area contributed by atoms with Crippen LogP contribution in [-0.4, -0.2) is 31.1 Å². The molecule has 0 aromatic heterocycles. The summed E-state index contributed by atoms with van der Waals surface area (Å²) in [5, 5.41) is 8.02. The quantitative estimate of drug-likeness (QED) is 0.789. The van der Waals surface area contributed by atoms with Gasteiger partial charge in [-0.3, -0.25) is 0 Å². The van der Waals surface area contributed by atoms with Crippen LogP contribution in [0.2, 0.25) is 0 Å². The Labute approximate surface area is 168 Å². The van der Waals surface area contributed by atoms with Crippen molar-refractivity contribution in [2.45, 2.75) is 37.7 Å². The Morgan fingerprint density at radius 2 is 1.93 bits per heavy atom. The summed E-state index contributed by atoms with van der Waals surface area (Å²) in [6.07, 6.45) is 0. The Bertz CT molecular complexity index is 1080. The number of ether oxygens (including phenoxy) is 1. The van der Waals surface area contributed by atoms with Gasteiger partial charge in [0.1, 0.15) is 16.7 Å². The van der Waals surface area contributed by atoms with E-state index < -0.39 is 38.7 Å². The number of hydrogen-bond acceptors (Lipinski definition) is 5. The second kappa shape index (κ2) is 7.47. The lowest BCUT2D eigenvalue weighted by molar-refractivity contribution is 0.0690. The summed E-state index contributed by atoms with van der Waals surface area (Å²) < 4.78 is 48.0. The first kappa shape index (κ1) is 20.8. The maximum Gasteiger partial charge on any atom is 0.335 e. The lowest BCUT2D eigenvalue weighted by Crippen LogP contribution is -2.53. The average molecular weight is 420 g/mol. The largest absolute Gasteiger partial charge is 0.478 e. The minimum Gasteiger partial charge on any atom is -0.478 e. The van der Waals surface area contributed by atoms with Crippen molar-refractivity contribution < 1.29 is 27.4 Å². The molecule has 0 saturated carbocycles. The van der Waals surface area contributed by atoms with Gasteiger partial charge >= 0.3 is 5.97 Å². The van der Waals surface area contributed by atoms with E-state index in [4.69, 9.17) is 4.74 Å². The summed E-state index contributed by atoms with van der Waals surface area (Å²) in [6.45, 7) is 4.78. The molecule has 3 rings (SSSR count). The van der Waals surface area contributed by atoms with Gasteiger partial charge in [0.2, 0.25) is 10.0 Å². The molecule has 2 atom stereocenters. The van der Waals surface area contributed by atoms with Gasteiger partial charge in [-0.1, -0.05) is 30.3 Å². The van der Waals surface area contributed by atoms with Gasteiger partial charge in [0.25, 0.3) is 6.02 Å². The molecule has 0 aliphatic carbocycles. The Morgan fingerprint density at radius 3 is 2.55 bits per heavy atom. The van der Waals surface area contributed by atoms with Crippen LogP contribution in [0, 0.1) is 5.82 Å². The van der Waals surface area contributed by atoms with Crippen molar-refractivity contribution in [1.82, 2.24) is 4.72 Å². The molecule has 154 valence electrons. The maximum absolute atomic E-state index is 14.0. The molecule has 1 unspecified atom stereocenters. The smallest absolute Gasteiger partial charge is 0.335 e. The predicted octanol–water partition coefficient (Wildman–Crippen LogP) is 3.41. The number of benzene rings is 2. The number of carboxylic acids is 1. The number of aliphatic imine (C=N–C) groups is 1. The van der Waals surface area contributed by atoms with Gasteiger partial charge in [-0.15, -0.1) is 0 Å². The normalized spacial score (nSPS) is 22.3. The van der Waals surface area contributed by atoms with Crippen molar-refractivity contribution in [1.29, 1.82) is 0 Å². The number of rotatable bonds is 4. The van der Waals surface area contributed by atoms with E-state index in [1.165, 1.54) is 30.3 Å².